The molecule has 1 aliphatic heterocycles. The summed E-state index contributed by atoms with van der Waals surface area (Å²) in [6.07, 6.45) is 3.39. The van der Waals surface area contributed by atoms with Gasteiger partial charge in [-0.3, -0.25) is 4.57 Å². The number of rotatable bonds is 2. The molecule has 1 aromatic heterocycles. The second-order valence-electron chi connectivity index (χ2n) is 3.18. The fourth-order valence-corrected chi connectivity index (χ4v) is 1.42. The summed E-state index contributed by atoms with van der Waals surface area (Å²) in [5.41, 5.74) is 4.91. The van der Waals surface area contributed by atoms with Crippen LogP contribution < -0.4 is 11.4 Å². The Labute approximate surface area is 85.6 Å². The first-order valence-electron chi connectivity index (χ1n) is 4.52. The number of hydrogen-bond donors (Lipinski definition) is 2. The van der Waals surface area contributed by atoms with Crippen LogP contribution in [0.2, 0.25) is 0 Å². The van der Waals surface area contributed by atoms with Gasteiger partial charge in [-0.15, -0.1) is 0 Å². The van der Waals surface area contributed by atoms with Gasteiger partial charge in [0.15, 0.2) is 6.23 Å². The molecule has 6 nitrogen and oxygen atoms in total. The molecule has 2 heterocycles. The Kier molecular flexibility index (Phi) is 2.42. The summed E-state index contributed by atoms with van der Waals surface area (Å²) in [4.78, 5) is 15.0. The molecule has 0 saturated carbocycles. The molecule has 0 fully saturated rings. The van der Waals surface area contributed by atoms with E-state index in [-0.39, 0.29) is 12.4 Å². The molecular formula is C9H11N3O3. The number of anilines is 1. The van der Waals surface area contributed by atoms with Gasteiger partial charge in [-0.1, -0.05) is 0 Å². The van der Waals surface area contributed by atoms with E-state index < -0.39 is 11.9 Å². The lowest BCUT2D eigenvalue weighted by Gasteiger charge is -2.14. The van der Waals surface area contributed by atoms with Crippen molar-refractivity contribution in [3.63, 3.8) is 0 Å². The third kappa shape index (κ3) is 1.84. The quantitative estimate of drug-likeness (QED) is 0.693. The third-order valence-electron chi connectivity index (χ3n) is 2.15. The van der Waals surface area contributed by atoms with Gasteiger partial charge in [0.1, 0.15) is 18.2 Å². The van der Waals surface area contributed by atoms with Gasteiger partial charge in [0, 0.05) is 12.6 Å². The molecule has 0 unspecified atom stereocenters. The van der Waals surface area contributed by atoms with Gasteiger partial charge in [0.25, 0.3) is 0 Å². The van der Waals surface area contributed by atoms with Crippen molar-refractivity contribution < 1.29 is 9.84 Å². The van der Waals surface area contributed by atoms with Crippen LogP contribution in [-0.4, -0.2) is 21.3 Å². The summed E-state index contributed by atoms with van der Waals surface area (Å²) in [7, 11) is 0. The zero-order valence-electron chi connectivity index (χ0n) is 7.96. The van der Waals surface area contributed by atoms with Crippen molar-refractivity contribution in [1.82, 2.24) is 9.55 Å². The van der Waals surface area contributed by atoms with E-state index in [9.17, 15) is 4.79 Å². The Morgan fingerprint density at radius 1 is 1.73 bits per heavy atom. The molecule has 80 valence electrons. The number of aliphatic hydroxyl groups excluding tert-OH is 1. The Morgan fingerprint density at radius 2 is 2.53 bits per heavy atom. The van der Waals surface area contributed by atoms with E-state index in [4.69, 9.17) is 15.6 Å². The summed E-state index contributed by atoms with van der Waals surface area (Å²) in [5.74, 6) is 0.660. The SMILES string of the molecule is Nc1ccn([C@H]2CC=C(CO)O2)c(=O)n1. The highest BCUT2D eigenvalue weighted by atomic mass is 16.5. The van der Waals surface area contributed by atoms with Crippen molar-refractivity contribution in [3.8, 4) is 0 Å². The molecule has 0 radical (unpaired) electrons. The molecule has 15 heavy (non-hydrogen) atoms. The molecule has 1 aromatic rings. The number of aromatic nitrogens is 2. The molecule has 1 atom stereocenters. The molecular weight excluding hydrogens is 198 g/mol. The normalized spacial score (nSPS) is 19.8. The molecule has 0 bridgehead atoms. The van der Waals surface area contributed by atoms with Crippen LogP contribution in [0.25, 0.3) is 0 Å². The summed E-state index contributed by atoms with van der Waals surface area (Å²) < 4.78 is 6.65. The first kappa shape index (κ1) is 9.72. The maximum atomic E-state index is 11.4. The average Bonchev–Trinajstić information content (AvgIpc) is 2.66. The molecule has 0 aromatic carbocycles. The number of nitrogens with two attached hydrogens (primary N) is 1. The molecule has 0 spiro atoms. The highest BCUT2D eigenvalue weighted by Crippen LogP contribution is 2.23. The summed E-state index contributed by atoms with van der Waals surface area (Å²) in [5, 5.41) is 8.83. The average molecular weight is 209 g/mol. The van der Waals surface area contributed by atoms with Crippen molar-refractivity contribution >= 4 is 5.82 Å². The largest absolute Gasteiger partial charge is 0.472 e. The smallest absolute Gasteiger partial charge is 0.352 e. The van der Waals surface area contributed by atoms with Crippen LogP contribution >= 0.6 is 0 Å². The van der Waals surface area contributed by atoms with E-state index in [0.717, 1.165) is 0 Å². The zero-order chi connectivity index (χ0) is 10.8. The lowest BCUT2D eigenvalue weighted by Crippen LogP contribution is -2.27. The highest BCUT2D eigenvalue weighted by Gasteiger charge is 2.20. The summed E-state index contributed by atoms with van der Waals surface area (Å²) in [6, 6.07) is 1.53. The Morgan fingerprint density at radius 3 is 3.13 bits per heavy atom. The van der Waals surface area contributed by atoms with Gasteiger partial charge in [-0.25, -0.2) is 4.79 Å². The second-order valence-corrected chi connectivity index (χ2v) is 3.18. The van der Waals surface area contributed by atoms with Crippen molar-refractivity contribution in [2.75, 3.05) is 12.3 Å². The van der Waals surface area contributed by atoms with E-state index in [0.29, 0.717) is 12.2 Å². The fraction of sp³-hybridized carbons (Fsp3) is 0.333. The molecule has 1 aliphatic rings. The standard InChI is InChI=1S/C9H11N3O3/c10-7-3-4-12(9(14)11-7)8-2-1-6(5-13)15-8/h1,3-4,8,13H,2,5H2,(H2,10,11,14)/t8-/m1/s1. The van der Waals surface area contributed by atoms with Crippen LogP contribution in [-0.2, 0) is 4.74 Å². The van der Waals surface area contributed by atoms with E-state index in [1.807, 2.05) is 0 Å². The monoisotopic (exact) mass is 209 g/mol. The van der Waals surface area contributed by atoms with Crippen molar-refractivity contribution in [3.05, 3.63) is 34.6 Å². The molecule has 0 aliphatic carbocycles. The minimum absolute atomic E-state index is 0.159. The highest BCUT2D eigenvalue weighted by molar-refractivity contribution is 5.23. The van der Waals surface area contributed by atoms with Crippen molar-refractivity contribution in [1.29, 1.82) is 0 Å². The maximum Gasteiger partial charge on any atom is 0.352 e. The number of nitrogen functional groups attached to an aromatic ring is 1. The minimum atomic E-state index is -0.451. The van der Waals surface area contributed by atoms with Crippen LogP contribution in [0.3, 0.4) is 0 Å². The third-order valence-corrected chi connectivity index (χ3v) is 2.15. The van der Waals surface area contributed by atoms with E-state index in [1.165, 1.54) is 16.8 Å². The van der Waals surface area contributed by atoms with Crippen LogP contribution in [0.4, 0.5) is 5.82 Å². The lowest BCUT2D eigenvalue weighted by molar-refractivity contribution is 0.0593. The molecule has 2 rings (SSSR count). The predicted molar refractivity (Wildman–Crippen MR) is 52.8 cm³/mol. The lowest BCUT2D eigenvalue weighted by atomic mass is 10.3. The topological polar surface area (TPSA) is 90.4 Å². The van der Waals surface area contributed by atoms with Crippen LogP contribution in [0, 0.1) is 0 Å². The van der Waals surface area contributed by atoms with Gasteiger partial charge in [-0.2, -0.15) is 4.98 Å². The van der Waals surface area contributed by atoms with Gasteiger partial charge in [-0.05, 0) is 12.1 Å². The van der Waals surface area contributed by atoms with Crippen molar-refractivity contribution in [2.45, 2.75) is 12.6 Å². The van der Waals surface area contributed by atoms with Crippen LogP contribution in [0.1, 0.15) is 12.6 Å². The molecule has 3 N–H and O–H groups in total. The Balaban J connectivity index is 2.22. The molecule has 6 heteroatoms. The first-order valence-corrected chi connectivity index (χ1v) is 4.52. The van der Waals surface area contributed by atoms with Crippen molar-refractivity contribution in [2.24, 2.45) is 0 Å². The summed E-state index contributed by atoms with van der Waals surface area (Å²) in [6.45, 7) is -0.159. The van der Waals surface area contributed by atoms with Gasteiger partial charge in [0.05, 0.1) is 0 Å². The van der Waals surface area contributed by atoms with Gasteiger partial charge >= 0.3 is 5.69 Å². The van der Waals surface area contributed by atoms with Crippen LogP contribution in [0.15, 0.2) is 28.9 Å². The molecule has 0 amide bonds. The second kappa shape index (κ2) is 3.74. The zero-order valence-corrected chi connectivity index (χ0v) is 7.96. The number of aliphatic hydroxyl groups is 1. The number of nitrogens with zero attached hydrogens (tertiary/aromatic N) is 2. The number of ether oxygens (including phenoxy) is 1. The predicted octanol–water partition coefficient (Wildman–Crippen LogP) is -0.379. The Bertz CT molecular complexity index is 452. The summed E-state index contributed by atoms with van der Waals surface area (Å²) >= 11 is 0. The van der Waals surface area contributed by atoms with Gasteiger partial charge in [0.2, 0.25) is 0 Å². The maximum absolute atomic E-state index is 11.4. The molecule has 0 saturated heterocycles. The first-order chi connectivity index (χ1) is 7.20. The van der Waals surface area contributed by atoms with Crippen LogP contribution in [0.5, 0.6) is 0 Å². The van der Waals surface area contributed by atoms with E-state index in [2.05, 4.69) is 4.98 Å². The number of hydrogen-bond acceptors (Lipinski definition) is 5. The Hall–Kier alpha value is -1.82. The van der Waals surface area contributed by atoms with Gasteiger partial charge < -0.3 is 15.6 Å². The van der Waals surface area contributed by atoms with E-state index in [1.54, 1.807) is 6.08 Å². The fourth-order valence-electron chi connectivity index (χ4n) is 1.42. The van der Waals surface area contributed by atoms with E-state index >= 15 is 0 Å². The minimum Gasteiger partial charge on any atom is -0.472 e.